The number of hydrogen-bond donors (Lipinski definition) is 0. The molecule has 4 heteroatoms. The molecule has 0 aliphatic heterocycles. The number of benzene rings is 4. The molecule has 4 aromatic carbocycles. The van der Waals surface area contributed by atoms with E-state index in [-0.39, 0.29) is 0 Å². The minimum Gasteiger partial charge on any atom is -0.290 e. The number of hydrogen-bond acceptors (Lipinski definition) is 3. The van der Waals surface area contributed by atoms with Crippen molar-refractivity contribution in [3.8, 4) is 39.5 Å². The van der Waals surface area contributed by atoms with Crippen LogP contribution in [0, 0.1) is 6.92 Å². The lowest BCUT2D eigenvalue weighted by atomic mass is 10.0. The quantitative estimate of drug-likeness (QED) is 0.250. The number of imidazole rings is 1. The van der Waals surface area contributed by atoms with E-state index in [1.807, 2.05) is 42.6 Å². The predicted octanol–water partition coefficient (Wildman–Crippen LogP) is 8.28. The molecule has 0 radical (unpaired) electrons. The summed E-state index contributed by atoms with van der Waals surface area (Å²) < 4.78 is 2.22. The summed E-state index contributed by atoms with van der Waals surface area (Å²) in [5, 5.41) is 0. The van der Waals surface area contributed by atoms with E-state index in [1.54, 1.807) is 0 Å². The maximum absolute atomic E-state index is 5.25. The van der Waals surface area contributed by atoms with Gasteiger partial charge >= 0.3 is 0 Å². The second-order valence-electron chi connectivity index (χ2n) is 9.44. The Hall–Kier alpha value is -5.09. The van der Waals surface area contributed by atoms with Crippen LogP contribution < -0.4 is 0 Å². The van der Waals surface area contributed by atoms with Crippen molar-refractivity contribution in [3.05, 3.63) is 133 Å². The average molecular weight is 489 g/mol. The van der Waals surface area contributed by atoms with Crippen LogP contribution in [0.5, 0.6) is 0 Å². The maximum Gasteiger partial charge on any atom is 0.145 e. The molecule has 0 N–H and O–H groups in total. The molecular weight excluding hydrogens is 464 g/mol. The number of aromatic nitrogens is 4. The van der Waals surface area contributed by atoms with Gasteiger partial charge in [0.05, 0.1) is 11.2 Å². The molecule has 3 aromatic heterocycles. The van der Waals surface area contributed by atoms with E-state index in [0.717, 1.165) is 50.4 Å². The van der Waals surface area contributed by atoms with Gasteiger partial charge in [0.15, 0.2) is 0 Å². The lowest BCUT2D eigenvalue weighted by Crippen LogP contribution is -2.00. The molecule has 180 valence electrons. The number of nitrogens with zero attached hydrogens (tertiary/aromatic N) is 4. The van der Waals surface area contributed by atoms with Gasteiger partial charge in [0.2, 0.25) is 0 Å². The van der Waals surface area contributed by atoms with Crippen LogP contribution in [0.15, 0.2) is 128 Å². The minimum atomic E-state index is 0.800. The van der Waals surface area contributed by atoms with Crippen molar-refractivity contribution < 1.29 is 0 Å². The predicted molar refractivity (Wildman–Crippen MR) is 155 cm³/mol. The average Bonchev–Trinajstić information content (AvgIpc) is 3.39. The lowest BCUT2D eigenvalue weighted by Gasteiger charge is -2.13. The highest BCUT2D eigenvalue weighted by Gasteiger charge is 2.22. The van der Waals surface area contributed by atoms with Gasteiger partial charge in [-0.2, -0.15) is 0 Å². The summed E-state index contributed by atoms with van der Waals surface area (Å²) >= 11 is 0. The van der Waals surface area contributed by atoms with Crippen LogP contribution in [0.4, 0.5) is 0 Å². The summed E-state index contributed by atoms with van der Waals surface area (Å²) in [6, 6.07) is 41.9. The van der Waals surface area contributed by atoms with E-state index in [1.165, 1.54) is 16.7 Å². The first kappa shape index (κ1) is 22.1. The SMILES string of the molecule is Cc1ccc(-c2ccc(-c3nc4c5ncccc5nc(-c5ccccc5)c4n3-c3ccccc3)cc2)cc1. The Balaban J connectivity index is 1.53. The number of para-hydroxylation sites is 1. The summed E-state index contributed by atoms with van der Waals surface area (Å²) in [6.07, 6.45) is 1.81. The molecule has 0 spiro atoms. The van der Waals surface area contributed by atoms with Crippen molar-refractivity contribution in [2.45, 2.75) is 6.92 Å². The second kappa shape index (κ2) is 9.09. The third-order valence-corrected chi connectivity index (χ3v) is 6.93. The molecule has 0 saturated heterocycles. The van der Waals surface area contributed by atoms with E-state index in [0.29, 0.717) is 0 Å². The van der Waals surface area contributed by atoms with Crippen LogP contribution in [0.3, 0.4) is 0 Å². The van der Waals surface area contributed by atoms with Crippen molar-refractivity contribution in [3.63, 3.8) is 0 Å². The monoisotopic (exact) mass is 488 g/mol. The van der Waals surface area contributed by atoms with Crippen LogP contribution >= 0.6 is 0 Å². The van der Waals surface area contributed by atoms with E-state index in [2.05, 4.69) is 96.4 Å². The van der Waals surface area contributed by atoms with Crippen LogP contribution in [-0.2, 0) is 0 Å². The molecule has 0 saturated carbocycles. The van der Waals surface area contributed by atoms with Crippen LogP contribution in [0.1, 0.15) is 5.56 Å². The molecule has 0 unspecified atom stereocenters. The smallest absolute Gasteiger partial charge is 0.145 e. The van der Waals surface area contributed by atoms with Gasteiger partial charge in [-0.15, -0.1) is 0 Å². The molecule has 3 heterocycles. The van der Waals surface area contributed by atoms with Crippen molar-refractivity contribution >= 4 is 22.1 Å². The Morgan fingerprint density at radius 1 is 0.526 bits per heavy atom. The highest BCUT2D eigenvalue weighted by molar-refractivity contribution is 6.07. The molecule has 7 rings (SSSR count). The highest BCUT2D eigenvalue weighted by Crippen LogP contribution is 2.37. The highest BCUT2D eigenvalue weighted by atomic mass is 15.1. The molecule has 38 heavy (non-hydrogen) atoms. The molecule has 0 aliphatic rings. The fourth-order valence-corrected chi connectivity index (χ4v) is 5.02. The zero-order chi connectivity index (χ0) is 25.5. The van der Waals surface area contributed by atoms with Gasteiger partial charge in [-0.05, 0) is 42.3 Å². The van der Waals surface area contributed by atoms with Gasteiger partial charge in [0, 0.05) is 23.0 Å². The number of pyridine rings is 2. The van der Waals surface area contributed by atoms with Crippen LogP contribution in [0.25, 0.3) is 61.5 Å². The van der Waals surface area contributed by atoms with Crippen LogP contribution in [-0.4, -0.2) is 19.5 Å². The zero-order valence-corrected chi connectivity index (χ0v) is 20.9. The molecule has 4 nitrogen and oxygen atoms in total. The first-order chi connectivity index (χ1) is 18.8. The Morgan fingerprint density at radius 3 is 1.87 bits per heavy atom. The van der Waals surface area contributed by atoms with E-state index < -0.39 is 0 Å². The largest absolute Gasteiger partial charge is 0.290 e. The fraction of sp³-hybridized carbons (Fsp3) is 0.0294. The van der Waals surface area contributed by atoms with Crippen molar-refractivity contribution in [2.75, 3.05) is 0 Å². The third kappa shape index (κ3) is 3.75. The Morgan fingerprint density at radius 2 is 1.16 bits per heavy atom. The summed E-state index contributed by atoms with van der Waals surface area (Å²) in [4.78, 5) is 15.1. The summed E-state index contributed by atoms with van der Waals surface area (Å²) in [7, 11) is 0. The first-order valence-corrected chi connectivity index (χ1v) is 12.7. The molecule has 0 bridgehead atoms. The van der Waals surface area contributed by atoms with E-state index >= 15 is 0 Å². The fourth-order valence-electron chi connectivity index (χ4n) is 5.02. The summed E-state index contributed by atoms with van der Waals surface area (Å²) in [5.41, 5.74) is 11.0. The van der Waals surface area contributed by atoms with Gasteiger partial charge in [-0.3, -0.25) is 9.55 Å². The zero-order valence-electron chi connectivity index (χ0n) is 20.9. The standard InChI is InChI=1S/C34H24N4/c1-23-14-16-24(17-15-23)25-18-20-27(21-19-25)34-37-32-31-29(13-8-22-35-31)36-30(26-9-4-2-5-10-26)33(32)38(34)28-11-6-3-7-12-28/h2-22H,1H3. The first-order valence-electron chi connectivity index (χ1n) is 12.7. The summed E-state index contributed by atoms with van der Waals surface area (Å²) in [6.45, 7) is 2.11. The Labute approximate surface area is 220 Å². The molecule has 0 aliphatic carbocycles. The van der Waals surface area contributed by atoms with Crippen molar-refractivity contribution in [1.29, 1.82) is 0 Å². The van der Waals surface area contributed by atoms with Gasteiger partial charge in [-0.25, -0.2) is 9.97 Å². The molecule has 0 amide bonds. The third-order valence-electron chi connectivity index (χ3n) is 6.93. The van der Waals surface area contributed by atoms with Crippen molar-refractivity contribution in [2.24, 2.45) is 0 Å². The molecular formula is C34H24N4. The molecule has 7 aromatic rings. The number of rotatable bonds is 4. The van der Waals surface area contributed by atoms with Crippen LogP contribution in [0.2, 0.25) is 0 Å². The van der Waals surface area contributed by atoms with Gasteiger partial charge in [0.25, 0.3) is 0 Å². The van der Waals surface area contributed by atoms with E-state index in [4.69, 9.17) is 15.0 Å². The van der Waals surface area contributed by atoms with Gasteiger partial charge < -0.3 is 0 Å². The molecule has 0 fully saturated rings. The van der Waals surface area contributed by atoms with Gasteiger partial charge in [-0.1, -0.05) is 103 Å². The maximum atomic E-state index is 5.25. The topological polar surface area (TPSA) is 43.6 Å². The lowest BCUT2D eigenvalue weighted by molar-refractivity contribution is 1.10. The summed E-state index contributed by atoms with van der Waals surface area (Å²) in [5.74, 6) is 0.860. The second-order valence-corrected chi connectivity index (χ2v) is 9.44. The Bertz CT molecular complexity index is 1890. The van der Waals surface area contributed by atoms with E-state index in [9.17, 15) is 0 Å². The number of fused-ring (bicyclic) bond motifs is 3. The number of aryl methyl sites for hydroxylation is 1. The van der Waals surface area contributed by atoms with Crippen molar-refractivity contribution in [1.82, 2.24) is 19.5 Å². The van der Waals surface area contributed by atoms with Gasteiger partial charge in [0.1, 0.15) is 22.4 Å². The molecule has 0 atom stereocenters. The minimum absolute atomic E-state index is 0.800. The normalized spacial score (nSPS) is 11.3. The Kier molecular flexibility index (Phi) is 5.30.